The molecule has 0 saturated carbocycles. The predicted molar refractivity (Wildman–Crippen MR) is 77.8 cm³/mol. The number of carbonyl (C=O) groups excluding carboxylic acids is 1. The third-order valence-corrected chi connectivity index (χ3v) is 2.73. The molecule has 0 radical (unpaired) electrons. The van der Waals surface area contributed by atoms with E-state index in [1.165, 1.54) is 6.21 Å². The van der Waals surface area contributed by atoms with Crippen LogP contribution in [0.1, 0.15) is 16.1 Å². The van der Waals surface area contributed by atoms with Crippen molar-refractivity contribution in [3.8, 4) is 11.5 Å². The molecular formula is C14H16N4O3. The average Bonchev–Trinajstić information content (AvgIpc) is 2.93. The summed E-state index contributed by atoms with van der Waals surface area (Å²) in [4.78, 5) is 11.7. The summed E-state index contributed by atoms with van der Waals surface area (Å²) >= 11 is 0. The zero-order valence-electron chi connectivity index (χ0n) is 12.0. The highest BCUT2D eigenvalue weighted by molar-refractivity contribution is 5.93. The minimum atomic E-state index is -0.368. The van der Waals surface area contributed by atoms with Crippen LogP contribution in [0.3, 0.4) is 0 Å². The van der Waals surface area contributed by atoms with Crippen LogP contribution in [0.25, 0.3) is 0 Å². The van der Waals surface area contributed by atoms with Gasteiger partial charge in [0.1, 0.15) is 0 Å². The number of rotatable bonds is 5. The quantitative estimate of drug-likeness (QED) is 0.662. The summed E-state index contributed by atoms with van der Waals surface area (Å²) in [5.74, 6) is 0.858. The summed E-state index contributed by atoms with van der Waals surface area (Å²) in [5, 5.41) is 7.87. The van der Waals surface area contributed by atoms with Crippen molar-refractivity contribution in [2.24, 2.45) is 12.1 Å². The Hall–Kier alpha value is -2.83. The lowest BCUT2D eigenvalue weighted by Crippen LogP contribution is -2.18. The van der Waals surface area contributed by atoms with Crippen molar-refractivity contribution in [1.29, 1.82) is 0 Å². The fourth-order valence-electron chi connectivity index (χ4n) is 1.69. The molecule has 0 aliphatic carbocycles. The first kappa shape index (κ1) is 14.6. The van der Waals surface area contributed by atoms with E-state index >= 15 is 0 Å². The Morgan fingerprint density at radius 3 is 2.67 bits per heavy atom. The summed E-state index contributed by atoms with van der Waals surface area (Å²) in [6.45, 7) is 0. The number of hydrogen-bond acceptors (Lipinski definition) is 5. The smallest absolute Gasteiger partial charge is 0.291 e. The van der Waals surface area contributed by atoms with Crippen molar-refractivity contribution in [2.75, 3.05) is 14.2 Å². The molecule has 0 aliphatic rings. The van der Waals surface area contributed by atoms with E-state index in [1.807, 2.05) is 0 Å². The average molecular weight is 288 g/mol. The van der Waals surface area contributed by atoms with Crippen LogP contribution in [0.2, 0.25) is 0 Å². The molecule has 1 N–H and O–H groups in total. The first-order valence-corrected chi connectivity index (χ1v) is 6.19. The van der Waals surface area contributed by atoms with Crippen LogP contribution < -0.4 is 14.9 Å². The van der Waals surface area contributed by atoms with Gasteiger partial charge >= 0.3 is 0 Å². The van der Waals surface area contributed by atoms with Gasteiger partial charge in [0.05, 0.1) is 20.4 Å². The first-order valence-electron chi connectivity index (χ1n) is 6.19. The Morgan fingerprint density at radius 2 is 2.05 bits per heavy atom. The number of nitrogens with one attached hydrogen (secondary N) is 1. The fraction of sp³-hybridized carbons (Fsp3) is 0.214. The normalized spacial score (nSPS) is 10.6. The molecule has 0 spiro atoms. The SMILES string of the molecule is COc1ccc(/C=N/NC(=O)c2ccn(C)n2)cc1OC. The number of methoxy groups -OCH3 is 2. The molecule has 110 valence electrons. The van der Waals surface area contributed by atoms with Crippen LogP contribution in [-0.4, -0.2) is 36.1 Å². The maximum Gasteiger partial charge on any atom is 0.291 e. The molecule has 7 nitrogen and oxygen atoms in total. The maximum atomic E-state index is 11.7. The van der Waals surface area contributed by atoms with Gasteiger partial charge < -0.3 is 9.47 Å². The van der Waals surface area contributed by atoms with Crippen LogP contribution in [-0.2, 0) is 7.05 Å². The van der Waals surface area contributed by atoms with E-state index in [0.717, 1.165) is 5.56 Å². The molecule has 0 saturated heterocycles. The molecule has 0 fully saturated rings. The van der Waals surface area contributed by atoms with Gasteiger partial charge in [0.25, 0.3) is 5.91 Å². The zero-order chi connectivity index (χ0) is 15.2. The third-order valence-electron chi connectivity index (χ3n) is 2.73. The molecule has 1 heterocycles. The number of benzene rings is 1. The summed E-state index contributed by atoms with van der Waals surface area (Å²) in [6, 6.07) is 6.94. The van der Waals surface area contributed by atoms with E-state index in [0.29, 0.717) is 17.2 Å². The van der Waals surface area contributed by atoms with Crippen LogP contribution in [0.15, 0.2) is 35.6 Å². The van der Waals surface area contributed by atoms with E-state index in [9.17, 15) is 4.79 Å². The Morgan fingerprint density at radius 1 is 1.29 bits per heavy atom. The van der Waals surface area contributed by atoms with Gasteiger partial charge in [0.15, 0.2) is 17.2 Å². The Labute approximate surface area is 122 Å². The molecule has 21 heavy (non-hydrogen) atoms. The van der Waals surface area contributed by atoms with Gasteiger partial charge in [-0.2, -0.15) is 10.2 Å². The molecule has 2 rings (SSSR count). The Balaban J connectivity index is 2.03. The molecule has 0 unspecified atom stereocenters. The number of aryl methyl sites for hydroxylation is 1. The molecule has 1 amide bonds. The van der Waals surface area contributed by atoms with Crippen LogP contribution in [0.5, 0.6) is 11.5 Å². The van der Waals surface area contributed by atoms with Gasteiger partial charge in [0, 0.05) is 13.2 Å². The molecule has 1 aromatic carbocycles. The number of hydrogen-bond donors (Lipinski definition) is 1. The number of nitrogens with zero attached hydrogens (tertiary/aromatic N) is 3. The molecule has 0 atom stereocenters. The van der Waals surface area contributed by atoms with Crippen molar-refractivity contribution in [2.45, 2.75) is 0 Å². The second-order valence-electron chi connectivity index (χ2n) is 4.19. The molecule has 0 aliphatic heterocycles. The lowest BCUT2D eigenvalue weighted by atomic mass is 10.2. The number of carbonyl (C=O) groups is 1. The molecule has 2 aromatic rings. The topological polar surface area (TPSA) is 77.7 Å². The highest BCUT2D eigenvalue weighted by Crippen LogP contribution is 2.26. The highest BCUT2D eigenvalue weighted by Gasteiger charge is 2.07. The van der Waals surface area contributed by atoms with E-state index in [-0.39, 0.29) is 5.91 Å². The van der Waals surface area contributed by atoms with Gasteiger partial charge in [-0.3, -0.25) is 9.48 Å². The Bertz CT molecular complexity index is 664. The number of ether oxygens (including phenoxy) is 2. The predicted octanol–water partition coefficient (Wildman–Crippen LogP) is 1.20. The van der Waals surface area contributed by atoms with Crippen LogP contribution in [0, 0.1) is 0 Å². The van der Waals surface area contributed by atoms with E-state index < -0.39 is 0 Å². The van der Waals surface area contributed by atoms with Gasteiger partial charge in [-0.05, 0) is 29.8 Å². The van der Waals surface area contributed by atoms with E-state index in [2.05, 4.69) is 15.6 Å². The third kappa shape index (κ3) is 3.59. The van der Waals surface area contributed by atoms with Gasteiger partial charge in [-0.1, -0.05) is 0 Å². The lowest BCUT2D eigenvalue weighted by Gasteiger charge is -2.07. The maximum absolute atomic E-state index is 11.7. The van der Waals surface area contributed by atoms with Crippen molar-refractivity contribution >= 4 is 12.1 Å². The van der Waals surface area contributed by atoms with Crippen LogP contribution >= 0.6 is 0 Å². The molecule has 0 bridgehead atoms. The van der Waals surface area contributed by atoms with Gasteiger partial charge in [-0.25, -0.2) is 5.43 Å². The van der Waals surface area contributed by atoms with E-state index in [4.69, 9.17) is 9.47 Å². The second kappa shape index (κ2) is 6.56. The zero-order valence-corrected chi connectivity index (χ0v) is 12.0. The first-order chi connectivity index (χ1) is 10.1. The monoisotopic (exact) mass is 288 g/mol. The number of amides is 1. The fourth-order valence-corrected chi connectivity index (χ4v) is 1.69. The Kier molecular flexibility index (Phi) is 4.55. The summed E-state index contributed by atoms with van der Waals surface area (Å²) in [6.07, 6.45) is 3.20. The second-order valence-corrected chi connectivity index (χ2v) is 4.19. The summed E-state index contributed by atoms with van der Waals surface area (Å²) < 4.78 is 11.9. The number of hydrazone groups is 1. The van der Waals surface area contributed by atoms with Gasteiger partial charge in [0.2, 0.25) is 0 Å². The van der Waals surface area contributed by atoms with Crippen LogP contribution in [0.4, 0.5) is 0 Å². The lowest BCUT2D eigenvalue weighted by molar-refractivity contribution is 0.0949. The summed E-state index contributed by atoms with van der Waals surface area (Å²) in [5.41, 5.74) is 3.49. The molecule has 7 heteroatoms. The highest BCUT2D eigenvalue weighted by atomic mass is 16.5. The van der Waals surface area contributed by atoms with Crippen molar-refractivity contribution in [3.63, 3.8) is 0 Å². The molecular weight excluding hydrogens is 272 g/mol. The largest absolute Gasteiger partial charge is 0.493 e. The van der Waals surface area contributed by atoms with Crippen molar-refractivity contribution in [1.82, 2.24) is 15.2 Å². The minimum Gasteiger partial charge on any atom is -0.493 e. The number of aromatic nitrogens is 2. The van der Waals surface area contributed by atoms with Crippen molar-refractivity contribution < 1.29 is 14.3 Å². The minimum absolute atomic E-state index is 0.307. The molecule has 1 aromatic heterocycles. The van der Waals surface area contributed by atoms with Gasteiger partial charge in [-0.15, -0.1) is 0 Å². The van der Waals surface area contributed by atoms with Crippen molar-refractivity contribution in [3.05, 3.63) is 41.7 Å². The van der Waals surface area contributed by atoms with E-state index in [1.54, 1.807) is 56.4 Å². The standard InChI is InChI=1S/C14H16N4O3/c1-18-7-6-11(17-18)14(19)16-15-9-10-4-5-12(20-2)13(8-10)21-3/h4-9H,1-3H3,(H,16,19)/b15-9+. The summed E-state index contributed by atoms with van der Waals surface area (Å²) in [7, 11) is 4.87.